The number of aromatic nitrogens is 1. The zero-order valence-electron chi connectivity index (χ0n) is 14.1. The van der Waals surface area contributed by atoms with Gasteiger partial charge in [0.25, 0.3) is 5.91 Å². The molecule has 3 N–H and O–H groups in total. The highest BCUT2D eigenvalue weighted by molar-refractivity contribution is 6.00. The molecule has 7 nitrogen and oxygen atoms in total. The van der Waals surface area contributed by atoms with E-state index >= 15 is 0 Å². The van der Waals surface area contributed by atoms with Crippen molar-refractivity contribution in [3.63, 3.8) is 0 Å². The van der Waals surface area contributed by atoms with Gasteiger partial charge in [0, 0.05) is 29.9 Å². The molecule has 2 heterocycles. The van der Waals surface area contributed by atoms with Crippen molar-refractivity contribution in [2.24, 2.45) is 0 Å². The van der Waals surface area contributed by atoms with Gasteiger partial charge in [0.05, 0.1) is 18.2 Å². The highest BCUT2D eigenvalue weighted by Gasteiger charge is 2.26. The summed E-state index contributed by atoms with van der Waals surface area (Å²) >= 11 is 0. The molecular formula is C19H19N3O4. The number of anilines is 1. The number of carboxylic acids is 1. The number of rotatable bonds is 5. The standard InChI is InChI=1S/C19H19N3O4/c23-18(22-14-7-9-26-16-2-1-8-20-17(14)16)11-3-6-13(19(24)25)15(10-11)21-12-4-5-12/h1-3,6,8,10,12,14,21H,4-5,7,9H2,(H,22,23)(H,24,25). The van der Waals surface area contributed by atoms with Gasteiger partial charge in [-0.3, -0.25) is 9.78 Å². The molecule has 0 radical (unpaired) electrons. The molecule has 1 fully saturated rings. The highest BCUT2D eigenvalue weighted by atomic mass is 16.5. The van der Waals surface area contributed by atoms with Crippen LogP contribution in [0.5, 0.6) is 5.75 Å². The van der Waals surface area contributed by atoms with E-state index in [0.29, 0.717) is 35.7 Å². The van der Waals surface area contributed by atoms with Gasteiger partial charge in [-0.15, -0.1) is 0 Å². The van der Waals surface area contributed by atoms with Crippen molar-refractivity contribution in [3.05, 3.63) is 53.3 Å². The quantitative estimate of drug-likeness (QED) is 0.764. The van der Waals surface area contributed by atoms with E-state index in [1.54, 1.807) is 18.3 Å². The van der Waals surface area contributed by atoms with Crippen LogP contribution in [-0.4, -0.2) is 34.6 Å². The largest absolute Gasteiger partial charge is 0.491 e. The average Bonchev–Trinajstić information content (AvgIpc) is 3.46. The van der Waals surface area contributed by atoms with Crippen molar-refractivity contribution < 1.29 is 19.4 Å². The zero-order chi connectivity index (χ0) is 18.1. The number of nitrogens with zero attached hydrogens (tertiary/aromatic N) is 1. The van der Waals surface area contributed by atoms with Crippen LogP contribution in [-0.2, 0) is 0 Å². The number of fused-ring (bicyclic) bond motifs is 1. The summed E-state index contributed by atoms with van der Waals surface area (Å²) in [4.78, 5) is 28.4. The molecule has 1 amide bonds. The highest BCUT2D eigenvalue weighted by Crippen LogP contribution is 2.31. The van der Waals surface area contributed by atoms with Crippen molar-refractivity contribution in [2.75, 3.05) is 11.9 Å². The maximum absolute atomic E-state index is 12.7. The Bertz CT molecular complexity index is 864. The van der Waals surface area contributed by atoms with Gasteiger partial charge in [0.2, 0.25) is 0 Å². The number of carboxylic acid groups (broad SMARTS) is 1. The fourth-order valence-corrected chi connectivity index (χ4v) is 3.03. The molecule has 1 aliphatic heterocycles. The summed E-state index contributed by atoms with van der Waals surface area (Å²) in [6, 6.07) is 8.30. The first-order valence-corrected chi connectivity index (χ1v) is 8.64. The fraction of sp³-hybridized carbons (Fsp3) is 0.316. The molecule has 0 saturated heterocycles. The molecule has 7 heteroatoms. The lowest BCUT2D eigenvalue weighted by molar-refractivity contribution is 0.0697. The molecule has 1 aromatic carbocycles. The smallest absolute Gasteiger partial charge is 0.337 e. The Balaban J connectivity index is 1.56. The van der Waals surface area contributed by atoms with Gasteiger partial charge in [-0.25, -0.2) is 4.79 Å². The maximum Gasteiger partial charge on any atom is 0.337 e. The van der Waals surface area contributed by atoms with Gasteiger partial charge >= 0.3 is 5.97 Å². The van der Waals surface area contributed by atoms with Gasteiger partial charge < -0.3 is 20.5 Å². The molecule has 1 aromatic heterocycles. The van der Waals surface area contributed by atoms with Crippen LogP contribution in [0.1, 0.15) is 51.7 Å². The lowest BCUT2D eigenvalue weighted by atomic mass is 10.0. The normalized spacial score (nSPS) is 18.4. The second kappa shape index (κ2) is 6.67. The first-order chi connectivity index (χ1) is 12.6. The number of hydrogen-bond acceptors (Lipinski definition) is 5. The summed E-state index contributed by atoms with van der Waals surface area (Å²) in [7, 11) is 0. The van der Waals surface area contributed by atoms with E-state index in [4.69, 9.17) is 4.74 Å². The molecule has 1 saturated carbocycles. The van der Waals surface area contributed by atoms with E-state index < -0.39 is 5.97 Å². The topological polar surface area (TPSA) is 101 Å². The summed E-state index contributed by atoms with van der Waals surface area (Å²) in [5.74, 6) is -0.590. The summed E-state index contributed by atoms with van der Waals surface area (Å²) in [6.45, 7) is 0.510. The van der Waals surface area contributed by atoms with E-state index in [9.17, 15) is 14.7 Å². The minimum Gasteiger partial charge on any atom is -0.491 e. The lowest BCUT2D eigenvalue weighted by Gasteiger charge is -2.25. The molecule has 1 aliphatic carbocycles. The Morgan fingerprint density at radius 3 is 2.81 bits per heavy atom. The van der Waals surface area contributed by atoms with Crippen LogP contribution in [0.15, 0.2) is 36.5 Å². The monoisotopic (exact) mass is 353 g/mol. The minimum absolute atomic E-state index is 0.173. The Morgan fingerprint density at radius 1 is 1.19 bits per heavy atom. The predicted octanol–water partition coefficient (Wildman–Crippen LogP) is 2.61. The van der Waals surface area contributed by atoms with E-state index in [1.807, 2.05) is 6.07 Å². The molecule has 2 aliphatic rings. The molecular weight excluding hydrogens is 334 g/mol. The van der Waals surface area contributed by atoms with Crippen molar-refractivity contribution in [3.8, 4) is 5.75 Å². The predicted molar refractivity (Wildman–Crippen MR) is 94.6 cm³/mol. The molecule has 1 unspecified atom stereocenters. The van der Waals surface area contributed by atoms with E-state index in [0.717, 1.165) is 12.8 Å². The van der Waals surface area contributed by atoms with Gasteiger partial charge in [0.1, 0.15) is 11.4 Å². The summed E-state index contributed by atoms with van der Waals surface area (Å²) < 4.78 is 5.56. The number of ether oxygens (including phenoxy) is 1. The average molecular weight is 353 g/mol. The number of nitrogens with one attached hydrogen (secondary N) is 2. The summed E-state index contributed by atoms with van der Waals surface area (Å²) in [5, 5.41) is 15.5. The van der Waals surface area contributed by atoms with E-state index in [-0.39, 0.29) is 23.6 Å². The van der Waals surface area contributed by atoms with Crippen LogP contribution in [0.4, 0.5) is 5.69 Å². The Morgan fingerprint density at radius 2 is 2.04 bits per heavy atom. The van der Waals surface area contributed by atoms with Crippen LogP contribution >= 0.6 is 0 Å². The third-order valence-electron chi connectivity index (χ3n) is 4.55. The van der Waals surface area contributed by atoms with Crippen LogP contribution in [0, 0.1) is 0 Å². The number of carbonyl (C=O) groups excluding carboxylic acids is 1. The number of carbonyl (C=O) groups is 2. The number of amides is 1. The second-order valence-corrected chi connectivity index (χ2v) is 6.53. The van der Waals surface area contributed by atoms with Crippen molar-refractivity contribution >= 4 is 17.6 Å². The van der Waals surface area contributed by atoms with Crippen molar-refractivity contribution in [1.82, 2.24) is 10.3 Å². The summed E-state index contributed by atoms with van der Waals surface area (Å²) in [6.07, 6.45) is 4.34. The van der Waals surface area contributed by atoms with E-state index in [2.05, 4.69) is 15.6 Å². The molecule has 4 rings (SSSR count). The van der Waals surface area contributed by atoms with Crippen LogP contribution < -0.4 is 15.4 Å². The first-order valence-electron chi connectivity index (χ1n) is 8.64. The fourth-order valence-electron chi connectivity index (χ4n) is 3.03. The summed E-state index contributed by atoms with van der Waals surface area (Å²) in [5.41, 5.74) is 1.79. The number of hydrogen-bond donors (Lipinski definition) is 3. The first kappa shape index (κ1) is 16.4. The van der Waals surface area contributed by atoms with E-state index in [1.165, 1.54) is 12.1 Å². The molecule has 134 valence electrons. The molecule has 2 aromatic rings. The van der Waals surface area contributed by atoms with Crippen molar-refractivity contribution in [1.29, 1.82) is 0 Å². The molecule has 1 atom stereocenters. The Labute approximate surface area is 150 Å². The van der Waals surface area contributed by atoms with Gasteiger partial charge in [-0.2, -0.15) is 0 Å². The SMILES string of the molecule is O=C(NC1CCOc2cccnc21)c1ccc(C(=O)O)c(NC2CC2)c1. The Hall–Kier alpha value is -3.09. The number of benzene rings is 1. The van der Waals surface area contributed by atoms with Crippen LogP contribution in [0.3, 0.4) is 0 Å². The zero-order valence-corrected chi connectivity index (χ0v) is 14.1. The van der Waals surface area contributed by atoms with Crippen LogP contribution in [0.2, 0.25) is 0 Å². The lowest BCUT2D eigenvalue weighted by Crippen LogP contribution is -2.33. The van der Waals surface area contributed by atoms with Crippen LogP contribution in [0.25, 0.3) is 0 Å². The van der Waals surface area contributed by atoms with Gasteiger partial charge in [-0.1, -0.05) is 0 Å². The third-order valence-corrected chi connectivity index (χ3v) is 4.55. The number of aromatic carboxylic acids is 1. The molecule has 0 spiro atoms. The van der Waals surface area contributed by atoms with Gasteiger partial charge in [0.15, 0.2) is 0 Å². The minimum atomic E-state index is -1.01. The second-order valence-electron chi connectivity index (χ2n) is 6.53. The maximum atomic E-state index is 12.7. The third kappa shape index (κ3) is 3.33. The number of pyridine rings is 1. The van der Waals surface area contributed by atoms with Gasteiger partial charge in [-0.05, 0) is 43.2 Å². The molecule has 0 bridgehead atoms. The molecule has 26 heavy (non-hydrogen) atoms. The Kier molecular flexibility index (Phi) is 4.20. The van der Waals surface area contributed by atoms with Crippen molar-refractivity contribution in [2.45, 2.75) is 31.3 Å².